The van der Waals surface area contributed by atoms with Crippen LogP contribution < -0.4 is 4.90 Å². The first kappa shape index (κ1) is 18.3. The molecule has 1 saturated carbocycles. The Bertz CT molecular complexity index is 829. The number of anilines is 1. The van der Waals surface area contributed by atoms with E-state index in [1.807, 2.05) is 11.4 Å². The molecule has 0 aromatic carbocycles. The Balaban J connectivity index is 1.52. The number of carbonyl (C=O) groups excluding carboxylic acids is 1. The molecule has 2 aliphatic rings. The highest BCUT2D eigenvalue weighted by Crippen LogP contribution is 2.27. The summed E-state index contributed by atoms with van der Waals surface area (Å²) in [5.41, 5.74) is 4.24. The average molecular weight is 370 g/mol. The molecule has 0 unspecified atom stereocenters. The van der Waals surface area contributed by atoms with Crippen molar-refractivity contribution in [1.29, 1.82) is 0 Å². The SMILES string of the molecule is CCc1cc(N2CCN(C(=O)C3CCCCC3)CC2)n2nc(C)c(C)c2n1. The third kappa shape index (κ3) is 3.42. The molecular weight excluding hydrogens is 338 g/mol. The first-order valence-electron chi connectivity index (χ1n) is 10.5. The fraction of sp³-hybridized carbons (Fsp3) is 0.667. The number of nitrogens with zero attached hydrogens (tertiary/aromatic N) is 5. The van der Waals surface area contributed by atoms with Gasteiger partial charge in [0.15, 0.2) is 5.65 Å². The van der Waals surface area contributed by atoms with Gasteiger partial charge in [-0.3, -0.25) is 4.79 Å². The standard InChI is InChI=1S/C21H31N5O/c1-4-18-14-19(26-20(22-18)15(2)16(3)23-26)24-10-12-25(13-11-24)21(27)17-8-6-5-7-9-17/h14,17H,4-13H2,1-3H3. The third-order valence-corrected chi connectivity index (χ3v) is 6.32. The van der Waals surface area contributed by atoms with Crippen molar-refractivity contribution < 1.29 is 4.79 Å². The van der Waals surface area contributed by atoms with Gasteiger partial charge in [0.1, 0.15) is 5.82 Å². The Labute approximate surface area is 161 Å². The minimum atomic E-state index is 0.265. The van der Waals surface area contributed by atoms with Crippen LogP contribution in [0, 0.1) is 19.8 Å². The molecule has 1 aliphatic carbocycles. The van der Waals surface area contributed by atoms with E-state index in [1.54, 1.807) is 0 Å². The maximum absolute atomic E-state index is 12.8. The van der Waals surface area contributed by atoms with Gasteiger partial charge in [-0.05, 0) is 33.1 Å². The number of carbonyl (C=O) groups is 1. The van der Waals surface area contributed by atoms with Crippen molar-refractivity contribution in [3.8, 4) is 0 Å². The zero-order valence-corrected chi connectivity index (χ0v) is 16.9. The average Bonchev–Trinajstić information content (AvgIpc) is 3.01. The van der Waals surface area contributed by atoms with E-state index in [-0.39, 0.29) is 5.92 Å². The lowest BCUT2D eigenvalue weighted by Gasteiger charge is -2.38. The first-order valence-corrected chi connectivity index (χ1v) is 10.5. The largest absolute Gasteiger partial charge is 0.353 e. The number of hydrogen-bond acceptors (Lipinski definition) is 4. The predicted octanol–water partition coefficient (Wildman–Crippen LogP) is 3.14. The van der Waals surface area contributed by atoms with E-state index in [0.29, 0.717) is 5.91 Å². The number of aryl methyl sites for hydroxylation is 3. The monoisotopic (exact) mass is 369 g/mol. The number of amides is 1. The summed E-state index contributed by atoms with van der Waals surface area (Å²) in [6.07, 6.45) is 6.78. The summed E-state index contributed by atoms with van der Waals surface area (Å²) >= 11 is 0. The summed E-state index contributed by atoms with van der Waals surface area (Å²) in [7, 11) is 0. The summed E-state index contributed by atoms with van der Waals surface area (Å²) in [5.74, 6) is 1.76. The van der Waals surface area contributed by atoms with Gasteiger partial charge in [0, 0.05) is 49.4 Å². The lowest BCUT2D eigenvalue weighted by molar-refractivity contribution is -0.136. The summed E-state index contributed by atoms with van der Waals surface area (Å²) in [4.78, 5) is 22.1. The smallest absolute Gasteiger partial charge is 0.225 e. The molecule has 0 N–H and O–H groups in total. The maximum atomic E-state index is 12.8. The van der Waals surface area contributed by atoms with Crippen LogP contribution in [-0.2, 0) is 11.2 Å². The highest BCUT2D eigenvalue weighted by molar-refractivity contribution is 5.79. The Morgan fingerprint density at radius 2 is 1.81 bits per heavy atom. The van der Waals surface area contributed by atoms with Crippen molar-refractivity contribution in [1.82, 2.24) is 19.5 Å². The van der Waals surface area contributed by atoms with Crippen molar-refractivity contribution in [3.63, 3.8) is 0 Å². The number of hydrogen-bond donors (Lipinski definition) is 0. The quantitative estimate of drug-likeness (QED) is 0.834. The van der Waals surface area contributed by atoms with E-state index < -0.39 is 0 Å². The van der Waals surface area contributed by atoms with Gasteiger partial charge >= 0.3 is 0 Å². The van der Waals surface area contributed by atoms with Gasteiger partial charge in [-0.1, -0.05) is 26.2 Å². The summed E-state index contributed by atoms with van der Waals surface area (Å²) in [5, 5.41) is 4.72. The molecule has 2 aromatic rings. The number of rotatable bonds is 3. The molecule has 0 spiro atoms. The van der Waals surface area contributed by atoms with Crippen LogP contribution in [0.1, 0.15) is 56.0 Å². The minimum Gasteiger partial charge on any atom is -0.353 e. The number of piperazine rings is 1. The van der Waals surface area contributed by atoms with E-state index in [2.05, 4.69) is 29.7 Å². The highest BCUT2D eigenvalue weighted by atomic mass is 16.2. The maximum Gasteiger partial charge on any atom is 0.225 e. The fourth-order valence-electron chi connectivity index (χ4n) is 4.43. The molecule has 2 aromatic heterocycles. The van der Waals surface area contributed by atoms with Crippen molar-refractivity contribution in [2.75, 3.05) is 31.1 Å². The molecular formula is C21H31N5O. The summed E-state index contributed by atoms with van der Waals surface area (Å²) in [6.45, 7) is 9.61. The second-order valence-corrected chi connectivity index (χ2v) is 8.05. The number of fused-ring (bicyclic) bond motifs is 1. The first-order chi connectivity index (χ1) is 13.1. The van der Waals surface area contributed by atoms with E-state index in [1.165, 1.54) is 19.3 Å². The van der Waals surface area contributed by atoms with Crippen molar-refractivity contribution in [2.24, 2.45) is 5.92 Å². The Hall–Kier alpha value is -2.11. The van der Waals surface area contributed by atoms with Crippen LogP contribution in [0.5, 0.6) is 0 Å². The molecule has 27 heavy (non-hydrogen) atoms. The molecule has 0 bridgehead atoms. The van der Waals surface area contributed by atoms with Gasteiger partial charge in [-0.15, -0.1) is 0 Å². The fourth-order valence-corrected chi connectivity index (χ4v) is 4.43. The molecule has 1 aliphatic heterocycles. The van der Waals surface area contributed by atoms with Crippen LogP contribution >= 0.6 is 0 Å². The second-order valence-electron chi connectivity index (χ2n) is 8.05. The van der Waals surface area contributed by atoms with Crippen LogP contribution in [0.2, 0.25) is 0 Å². The molecule has 4 rings (SSSR count). The van der Waals surface area contributed by atoms with Gasteiger partial charge in [-0.25, -0.2) is 4.98 Å². The lowest BCUT2D eigenvalue weighted by atomic mass is 9.88. The summed E-state index contributed by atoms with van der Waals surface area (Å²) in [6, 6.07) is 2.16. The molecule has 6 heteroatoms. The zero-order chi connectivity index (χ0) is 19.0. The molecule has 2 fully saturated rings. The van der Waals surface area contributed by atoms with Gasteiger partial charge in [0.2, 0.25) is 5.91 Å². The molecule has 146 valence electrons. The number of aromatic nitrogens is 3. The van der Waals surface area contributed by atoms with E-state index in [9.17, 15) is 4.79 Å². The van der Waals surface area contributed by atoms with Crippen LogP contribution in [0.15, 0.2) is 6.07 Å². The van der Waals surface area contributed by atoms with Gasteiger partial charge < -0.3 is 9.80 Å². The highest BCUT2D eigenvalue weighted by Gasteiger charge is 2.29. The summed E-state index contributed by atoms with van der Waals surface area (Å²) < 4.78 is 1.99. The zero-order valence-electron chi connectivity index (χ0n) is 16.9. The van der Waals surface area contributed by atoms with E-state index in [4.69, 9.17) is 10.1 Å². The minimum absolute atomic E-state index is 0.265. The van der Waals surface area contributed by atoms with Crippen molar-refractivity contribution in [2.45, 2.75) is 59.3 Å². The van der Waals surface area contributed by atoms with E-state index >= 15 is 0 Å². The third-order valence-electron chi connectivity index (χ3n) is 6.32. The molecule has 1 amide bonds. The molecule has 3 heterocycles. The lowest BCUT2D eigenvalue weighted by Crippen LogP contribution is -2.51. The van der Waals surface area contributed by atoms with Crippen molar-refractivity contribution in [3.05, 3.63) is 23.0 Å². The van der Waals surface area contributed by atoms with E-state index in [0.717, 1.165) is 73.9 Å². The van der Waals surface area contributed by atoms with Gasteiger partial charge in [-0.2, -0.15) is 9.61 Å². The van der Waals surface area contributed by atoms with Gasteiger partial charge in [0.25, 0.3) is 0 Å². The predicted molar refractivity (Wildman–Crippen MR) is 107 cm³/mol. The Morgan fingerprint density at radius 3 is 2.48 bits per heavy atom. The molecule has 1 saturated heterocycles. The topological polar surface area (TPSA) is 53.7 Å². The Morgan fingerprint density at radius 1 is 1.11 bits per heavy atom. The Kier molecular flexibility index (Phi) is 5.06. The van der Waals surface area contributed by atoms with Crippen LogP contribution in [-0.4, -0.2) is 51.6 Å². The van der Waals surface area contributed by atoms with Gasteiger partial charge in [0.05, 0.1) is 5.69 Å². The van der Waals surface area contributed by atoms with Crippen LogP contribution in [0.3, 0.4) is 0 Å². The second kappa shape index (κ2) is 7.49. The normalized spacial score (nSPS) is 19.1. The molecule has 0 atom stereocenters. The van der Waals surface area contributed by atoms with Crippen LogP contribution in [0.4, 0.5) is 5.82 Å². The molecule has 6 nitrogen and oxygen atoms in total. The van der Waals surface area contributed by atoms with Crippen molar-refractivity contribution >= 4 is 17.4 Å². The molecule has 0 radical (unpaired) electrons. The van der Waals surface area contributed by atoms with Crippen LogP contribution in [0.25, 0.3) is 5.65 Å².